The van der Waals surface area contributed by atoms with Crippen molar-refractivity contribution in [2.75, 3.05) is 0 Å². The number of rotatable bonds is 3. The van der Waals surface area contributed by atoms with Gasteiger partial charge >= 0.3 is 0 Å². The standard InChI is InChI=1S/C18H16O2/c19-15-10-11-16(17(20)12-15)18(14-8-4-5-9-14)13-6-2-1-3-7-13/h1-12,14,18-20H. The van der Waals surface area contributed by atoms with E-state index in [9.17, 15) is 10.2 Å². The van der Waals surface area contributed by atoms with Crippen molar-refractivity contribution in [1.82, 2.24) is 0 Å². The largest absolute Gasteiger partial charge is 0.508 e. The van der Waals surface area contributed by atoms with Crippen LogP contribution in [0.2, 0.25) is 0 Å². The van der Waals surface area contributed by atoms with Crippen molar-refractivity contribution in [3.05, 3.63) is 84.0 Å². The van der Waals surface area contributed by atoms with Crippen LogP contribution in [0, 0.1) is 5.92 Å². The van der Waals surface area contributed by atoms with Crippen LogP contribution in [0.25, 0.3) is 0 Å². The van der Waals surface area contributed by atoms with Gasteiger partial charge in [0, 0.05) is 23.5 Å². The van der Waals surface area contributed by atoms with E-state index < -0.39 is 0 Å². The summed E-state index contributed by atoms with van der Waals surface area (Å²) in [4.78, 5) is 0. The van der Waals surface area contributed by atoms with Gasteiger partial charge in [-0.2, -0.15) is 0 Å². The number of hydrogen-bond donors (Lipinski definition) is 2. The first kappa shape index (κ1) is 12.5. The van der Waals surface area contributed by atoms with Crippen LogP contribution in [-0.4, -0.2) is 10.2 Å². The second kappa shape index (κ2) is 5.25. The predicted molar refractivity (Wildman–Crippen MR) is 79.8 cm³/mol. The maximum atomic E-state index is 10.2. The highest BCUT2D eigenvalue weighted by Crippen LogP contribution is 2.40. The fourth-order valence-electron chi connectivity index (χ4n) is 2.74. The van der Waals surface area contributed by atoms with Crippen LogP contribution in [0.4, 0.5) is 0 Å². The van der Waals surface area contributed by atoms with Crippen molar-refractivity contribution in [1.29, 1.82) is 0 Å². The molecular weight excluding hydrogens is 248 g/mol. The van der Waals surface area contributed by atoms with Gasteiger partial charge in [0.2, 0.25) is 0 Å². The Bertz CT molecular complexity index is 644. The molecule has 2 aromatic rings. The molecule has 1 aliphatic carbocycles. The zero-order valence-corrected chi connectivity index (χ0v) is 11.0. The maximum Gasteiger partial charge on any atom is 0.123 e. The summed E-state index contributed by atoms with van der Waals surface area (Å²) in [5, 5.41) is 19.6. The predicted octanol–water partition coefficient (Wildman–Crippen LogP) is 3.97. The van der Waals surface area contributed by atoms with Crippen molar-refractivity contribution in [2.24, 2.45) is 5.92 Å². The lowest BCUT2D eigenvalue weighted by molar-refractivity contribution is 0.441. The molecule has 2 heteroatoms. The normalized spacial score (nSPS) is 15.6. The van der Waals surface area contributed by atoms with Gasteiger partial charge in [-0.1, -0.05) is 60.7 Å². The Balaban J connectivity index is 2.10. The number of allylic oxidation sites excluding steroid dienone is 4. The number of aromatic hydroxyl groups is 2. The summed E-state index contributed by atoms with van der Waals surface area (Å²) in [7, 11) is 0. The molecule has 1 atom stereocenters. The molecule has 0 aliphatic heterocycles. The van der Waals surface area contributed by atoms with E-state index in [0.717, 1.165) is 11.1 Å². The third kappa shape index (κ3) is 2.32. The molecule has 1 aliphatic rings. The minimum absolute atomic E-state index is 0.0480. The van der Waals surface area contributed by atoms with E-state index in [2.05, 4.69) is 24.3 Å². The molecule has 0 fully saturated rings. The molecule has 2 nitrogen and oxygen atoms in total. The zero-order chi connectivity index (χ0) is 13.9. The van der Waals surface area contributed by atoms with E-state index in [1.807, 2.05) is 30.4 Å². The van der Waals surface area contributed by atoms with E-state index in [-0.39, 0.29) is 23.3 Å². The molecule has 0 aromatic heterocycles. The molecule has 20 heavy (non-hydrogen) atoms. The third-order valence-corrected chi connectivity index (χ3v) is 3.67. The minimum Gasteiger partial charge on any atom is -0.508 e. The molecule has 0 heterocycles. The molecule has 0 spiro atoms. The van der Waals surface area contributed by atoms with Crippen LogP contribution < -0.4 is 0 Å². The Kier molecular flexibility index (Phi) is 3.30. The molecule has 0 saturated heterocycles. The first-order valence-corrected chi connectivity index (χ1v) is 6.67. The van der Waals surface area contributed by atoms with Gasteiger partial charge in [-0.25, -0.2) is 0 Å². The molecule has 2 aromatic carbocycles. The average molecular weight is 264 g/mol. The van der Waals surface area contributed by atoms with Gasteiger partial charge in [-0.3, -0.25) is 0 Å². The first-order chi connectivity index (χ1) is 9.75. The van der Waals surface area contributed by atoms with Gasteiger partial charge in [0.1, 0.15) is 11.5 Å². The monoisotopic (exact) mass is 264 g/mol. The highest BCUT2D eigenvalue weighted by Gasteiger charge is 2.24. The number of phenols is 2. The summed E-state index contributed by atoms with van der Waals surface area (Å²) in [6.07, 6.45) is 8.31. The van der Waals surface area contributed by atoms with Crippen LogP contribution in [0.15, 0.2) is 72.8 Å². The number of benzene rings is 2. The first-order valence-electron chi connectivity index (χ1n) is 6.67. The van der Waals surface area contributed by atoms with Crippen LogP contribution in [0.1, 0.15) is 17.0 Å². The van der Waals surface area contributed by atoms with E-state index in [1.54, 1.807) is 12.1 Å². The summed E-state index contributed by atoms with van der Waals surface area (Å²) in [6.45, 7) is 0. The van der Waals surface area contributed by atoms with Crippen LogP contribution >= 0.6 is 0 Å². The van der Waals surface area contributed by atoms with Crippen molar-refractivity contribution in [2.45, 2.75) is 5.92 Å². The molecule has 3 rings (SSSR count). The van der Waals surface area contributed by atoms with Gasteiger partial charge in [0.25, 0.3) is 0 Å². The highest BCUT2D eigenvalue weighted by atomic mass is 16.3. The second-order valence-electron chi connectivity index (χ2n) is 4.98. The Morgan fingerprint density at radius 3 is 2.20 bits per heavy atom. The SMILES string of the molecule is Oc1ccc(C(c2ccccc2)C2C=CC=C2)c(O)c1. The van der Waals surface area contributed by atoms with E-state index in [4.69, 9.17) is 0 Å². The molecule has 0 radical (unpaired) electrons. The third-order valence-electron chi connectivity index (χ3n) is 3.67. The molecule has 2 N–H and O–H groups in total. The molecule has 0 saturated carbocycles. The molecule has 0 amide bonds. The van der Waals surface area contributed by atoms with E-state index in [1.165, 1.54) is 6.07 Å². The highest BCUT2D eigenvalue weighted by molar-refractivity contribution is 5.47. The van der Waals surface area contributed by atoms with Gasteiger partial charge < -0.3 is 10.2 Å². The van der Waals surface area contributed by atoms with Crippen molar-refractivity contribution in [3.63, 3.8) is 0 Å². The number of hydrogen-bond acceptors (Lipinski definition) is 2. The van der Waals surface area contributed by atoms with Crippen LogP contribution in [0.3, 0.4) is 0 Å². The Morgan fingerprint density at radius 1 is 0.850 bits per heavy atom. The van der Waals surface area contributed by atoms with Gasteiger partial charge in [-0.05, 0) is 11.6 Å². The quantitative estimate of drug-likeness (QED) is 0.880. The molecular formula is C18H16O2. The number of phenolic OH excluding ortho intramolecular Hbond substituents is 2. The summed E-state index contributed by atoms with van der Waals surface area (Å²) in [5.41, 5.74) is 1.98. The summed E-state index contributed by atoms with van der Waals surface area (Å²) in [5.74, 6) is 0.475. The Hall–Kier alpha value is -2.48. The van der Waals surface area contributed by atoms with E-state index in [0.29, 0.717) is 0 Å². The van der Waals surface area contributed by atoms with E-state index >= 15 is 0 Å². The fraction of sp³-hybridized carbons (Fsp3) is 0.111. The zero-order valence-electron chi connectivity index (χ0n) is 11.0. The summed E-state index contributed by atoms with van der Waals surface area (Å²) < 4.78 is 0. The van der Waals surface area contributed by atoms with Crippen LogP contribution in [-0.2, 0) is 0 Å². The Morgan fingerprint density at radius 2 is 1.55 bits per heavy atom. The second-order valence-corrected chi connectivity index (χ2v) is 4.98. The lowest BCUT2D eigenvalue weighted by Crippen LogP contribution is -2.09. The van der Waals surface area contributed by atoms with Gasteiger partial charge in [0.15, 0.2) is 0 Å². The summed E-state index contributed by atoms with van der Waals surface area (Å²) in [6, 6.07) is 14.9. The van der Waals surface area contributed by atoms with Crippen molar-refractivity contribution < 1.29 is 10.2 Å². The van der Waals surface area contributed by atoms with Crippen molar-refractivity contribution >= 4 is 0 Å². The van der Waals surface area contributed by atoms with Gasteiger partial charge in [0.05, 0.1) is 0 Å². The molecule has 0 bridgehead atoms. The minimum atomic E-state index is 0.0480. The molecule has 1 unspecified atom stereocenters. The van der Waals surface area contributed by atoms with Crippen LogP contribution in [0.5, 0.6) is 11.5 Å². The average Bonchev–Trinajstić information content (AvgIpc) is 2.97. The van der Waals surface area contributed by atoms with Gasteiger partial charge in [-0.15, -0.1) is 0 Å². The smallest absolute Gasteiger partial charge is 0.123 e. The van der Waals surface area contributed by atoms with Crippen molar-refractivity contribution in [3.8, 4) is 11.5 Å². The lowest BCUT2D eigenvalue weighted by atomic mass is 9.81. The Labute approximate surface area is 118 Å². The summed E-state index contributed by atoms with van der Waals surface area (Å²) >= 11 is 0. The maximum absolute atomic E-state index is 10.2. The molecule has 100 valence electrons. The topological polar surface area (TPSA) is 40.5 Å². The fourth-order valence-corrected chi connectivity index (χ4v) is 2.74. The lowest BCUT2D eigenvalue weighted by Gasteiger charge is -2.23.